The first-order valence-electron chi connectivity index (χ1n) is 9.28. The molecule has 0 unspecified atom stereocenters. The number of H-pyrrole nitrogens is 1. The Labute approximate surface area is 174 Å². The van der Waals surface area contributed by atoms with E-state index >= 15 is 0 Å². The minimum absolute atomic E-state index is 0.0899. The van der Waals surface area contributed by atoms with Gasteiger partial charge in [-0.1, -0.05) is 42.0 Å². The number of hydrogen-bond acceptors (Lipinski definition) is 4. The molecule has 0 atom stereocenters. The van der Waals surface area contributed by atoms with E-state index in [1.165, 1.54) is 6.92 Å². The number of nitrogens with one attached hydrogen (secondary N) is 3. The van der Waals surface area contributed by atoms with Gasteiger partial charge in [0, 0.05) is 37.7 Å². The summed E-state index contributed by atoms with van der Waals surface area (Å²) < 4.78 is 2.31. The molecule has 3 rings (SSSR count). The van der Waals surface area contributed by atoms with E-state index in [0.29, 0.717) is 29.4 Å². The Kier molecular flexibility index (Phi) is 6.56. The number of hydrogen-bond donors (Lipinski definition) is 3. The molecule has 0 saturated carbocycles. The third-order valence-corrected chi connectivity index (χ3v) is 4.68. The van der Waals surface area contributed by atoms with Gasteiger partial charge in [-0.3, -0.25) is 19.3 Å². The van der Waals surface area contributed by atoms with Gasteiger partial charge in [0.2, 0.25) is 11.8 Å². The quantitative estimate of drug-likeness (QED) is 0.520. The highest BCUT2D eigenvalue weighted by Crippen LogP contribution is 2.18. The molecule has 0 saturated heterocycles. The predicted molar refractivity (Wildman–Crippen MR) is 115 cm³/mol. The summed E-state index contributed by atoms with van der Waals surface area (Å²) >= 11 is 5.32. The summed E-state index contributed by atoms with van der Waals surface area (Å²) in [4.78, 5) is 23.5. The van der Waals surface area contributed by atoms with Crippen LogP contribution in [0.3, 0.4) is 0 Å². The number of rotatable bonds is 7. The van der Waals surface area contributed by atoms with Gasteiger partial charge in [-0.15, -0.1) is 0 Å². The van der Waals surface area contributed by atoms with Gasteiger partial charge in [-0.25, -0.2) is 0 Å². The number of carbonyl (C=O) groups is 2. The Morgan fingerprint density at radius 1 is 1.17 bits per heavy atom. The molecule has 3 N–H and O–H groups in total. The number of amides is 2. The summed E-state index contributed by atoms with van der Waals surface area (Å²) in [6.07, 6.45) is 0.276. The number of nitrogens with zero attached hydrogens (tertiary/aromatic N) is 2. The number of anilines is 1. The highest BCUT2D eigenvalue weighted by Gasteiger charge is 2.11. The fourth-order valence-corrected chi connectivity index (χ4v) is 3.14. The van der Waals surface area contributed by atoms with Gasteiger partial charge in [0.25, 0.3) is 0 Å². The van der Waals surface area contributed by atoms with E-state index in [9.17, 15) is 9.59 Å². The molecule has 0 radical (unpaired) electrons. The second-order valence-electron chi connectivity index (χ2n) is 6.78. The van der Waals surface area contributed by atoms with Crippen LogP contribution in [-0.2, 0) is 22.7 Å². The lowest BCUT2D eigenvalue weighted by Crippen LogP contribution is -2.24. The fraction of sp³-hybridized carbons (Fsp3) is 0.238. The fourth-order valence-electron chi connectivity index (χ4n) is 2.91. The second-order valence-corrected chi connectivity index (χ2v) is 7.17. The Bertz CT molecular complexity index is 1070. The van der Waals surface area contributed by atoms with Crippen LogP contribution in [0.5, 0.6) is 0 Å². The molecule has 0 aliphatic heterocycles. The van der Waals surface area contributed by atoms with E-state index in [1.54, 1.807) is 6.07 Å². The van der Waals surface area contributed by atoms with Crippen molar-refractivity contribution in [2.24, 2.45) is 0 Å². The van der Waals surface area contributed by atoms with Crippen molar-refractivity contribution in [2.75, 3.05) is 5.32 Å². The molecule has 150 valence electrons. The van der Waals surface area contributed by atoms with Crippen molar-refractivity contribution in [3.8, 4) is 11.4 Å². The number of carbonyl (C=O) groups excluding carboxylic acids is 2. The van der Waals surface area contributed by atoms with Crippen LogP contribution < -0.4 is 10.6 Å². The molecule has 0 bridgehead atoms. The number of aromatic nitrogens is 3. The Morgan fingerprint density at radius 2 is 1.93 bits per heavy atom. The zero-order chi connectivity index (χ0) is 20.8. The second kappa shape index (κ2) is 9.29. The van der Waals surface area contributed by atoms with Crippen LogP contribution in [0.4, 0.5) is 5.69 Å². The largest absolute Gasteiger partial charge is 0.352 e. The van der Waals surface area contributed by atoms with E-state index in [0.717, 1.165) is 16.7 Å². The van der Waals surface area contributed by atoms with Gasteiger partial charge in [-0.05, 0) is 36.8 Å². The van der Waals surface area contributed by atoms with E-state index in [4.69, 9.17) is 12.2 Å². The first-order valence-corrected chi connectivity index (χ1v) is 9.68. The maximum Gasteiger partial charge on any atom is 0.222 e. The summed E-state index contributed by atoms with van der Waals surface area (Å²) in [6, 6.07) is 15.4. The van der Waals surface area contributed by atoms with Crippen molar-refractivity contribution in [3.05, 3.63) is 64.4 Å². The van der Waals surface area contributed by atoms with Gasteiger partial charge >= 0.3 is 0 Å². The first kappa shape index (κ1) is 20.5. The van der Waals surface area contributed by atoms with Crippen molar-refractivity contribution in [1.82, 2.24) is 20.1 Å². The molecule has 29 heavy (non-hydrogen) atoms. The average Bonchev–Trinajstić information content (AvgIpc) is 3.05. The van der Waals surface area contributed by atoms with Crippen molar-refractivity contribution >= 4 is 29.7 Å². The minimum atomic E-state index is -0.132. The van der Waals surface area contributed by atoms with Crippen LogP contribution >= 0.6 is 12.2 Å². The van der Waals surface area contributed by atoms with Crippen LogP contribution in [0.2, 0.25) is 0 Å². The maximum atomic E-state index is 12.3. The van der Waals surface area contributed by atoms with Crippen molar-refractivity contribution < 1.29 is 9.59 Å². The summed E-state index contributed by atoms with van der Waals surface area (Å²) in [5.74, 6) is 0.492. The van der Waals surface area contributed by atoms with E-state index in [-0.39, 0.29) is 18.2 Å². The normalized spacial score (nSPS) is 10.6. The molecule has 2 amide bonds. The van der Waals surface area contributed by atoms with Gasteiger partial charge in [0.15, 0.2) is 10.6 Å². The maximum absolute atomic E-state index is 12.3. The summed E-state index contributed by atoms with van der Waals surface area (Å²) in [6.45, 7) is 4.29. The molecule has 0 aliphatic carbocycles. The molecule has 0 fully saturated rings. The van der Waals surface area contributed by atoms with E-state index < -0.39 is 0 Å². The number of aromatic amines is 1. The molecular weight excluding hydrogens is 386 g/mol. The molecule has 1 heterocycles. The SMILES string of the molecule is CC(=O)Nc1cccc(CNC(=O)CCn2c(-c3ccc(C)cc3)n[nH]c2=S)c1. The zero-order valence-corrected chi connectivity index (χ0v) is 17.2. The van der Waals surface area contributed by atoms with Crippen LogP contribution in [0.1, 0.15) is 24.5 Å². The van der Waals surface area contributed by atoms with E-state index in [1.807, 2.05) is 54.0 Å². The summed E-state index contributed by atoms with van der Waals surface area (Å²) in [5, 5.41) is 12.7. The molecule has 8 heteroatoms. The van der Waals surface area contributed by atoms with Crippen LogP contribution in [-0.4, -0.2) is 26.6 Å². The lowest BCUT2D eigenvalue weighted by molar-refractivity contribution is -0.121. The van der Waals surface area contributed by atoms with Crippen molar-refractivity contribution in [1.29, 1.82) is 0 Å². The minimum Gasteiger partial charge on any atom is -0.352 e. The van der Waals surface area contributed by atoms with Crippen LogP contribution in [0.25, 0.3) is 11.4 Å². The first-order chi connectivity index (χ1) is 13.9. The molecule has 7 nitrogen and oxygen atoms in total. The lowest BCUT2D eigenvalue weighted by Gasteiger charge is -2.09. The molecular formula is C21H23N5O2S. The third kappa shape index (κ3) is 5.61. The smallest absolute Gasteiger partial charge is 0.222 e. The van der Waals surface area contributed by atoms with Crippen LogP contribution in [0.15, 0.2) is 48.5 Å². The van der Waals surface area contributed by atoms with Crippen molar-refractivity contribution in [3.63, 3.8) is 0 Å². The van der Waals surface area contributed by atoms with Gasteiger partial charge in [0.1, 0.15) is 0 Å². The molecule has 0 spiro atoms. The van der Waals surface area contributed by atoms with Gasteiger partial charge < -0.3 is 10.6 Å². The lowest BCUT2D eigenvalue weighted by atomic mass is 10.1. The highest BCUT2D eigenvalue weighted by molar-refractivity contribution is 7.71. The summed E-state index contributed by atoms with van der Waals surface area (Å²) in [7, 11) is 0. The zero-order valence-electron chi connectivity index (χ0n) is 16.4. The standard InChI is InChI=1S/C21H23N5O2S/c1-14-6-8-17(9-7-14)20-24-25-21(29)26(20)11-10-19(28)22-13-16-4-3-5-18(12-16)23-15(2)27/h3-9,12H,10-11,13H2,1-2H3,(H,22,28)(H,23,27)(H,25,29). The topological polar surface area (TPSA) is 91.8 Å². The van der Waals surface area contributed by atoms with Gasteiger partial charge in [-0.2, -0.15) is 5.10 Å². The Morgan fingerprint density at radius 3 is 2.66 bits per heavy atom. The third-order valence-electron chi connectivity index (χ3n) is 4.37. The molecule has 2 aromatic carbocycles. The Balaban J connectivity index is 1.59. The number of benzene rings is 2. The molecule has 1 aromatic heterocycles. The molecule has 0 aliphatic rings. The highest BCUT2D eigenvalue weighted by atomic mass is 32.1. The van der Waals surface area contributed by atoms with Gasteiger partial charge in [0.05, 0.1) is 0 Å². The summed E-state index contributed by atoms with van der Waals surface area (Å²) in [5.41, 5.74) is 3.72. The molecule has 3 aromatic rings. The monoisotopic (exact) mass is 409 g/mol. The predicted octanol–water partition coefficient (Wildman–Crippen LogP) is 3.58. The van der Waals surface area contributed by atoms with Crippen molar-refractivity contribution in [2.45, 2.75) is 33.4 Å². The number of aryl methyl sites for hydroxylation is 1. The average molecular weight is 410 g/mol. The van der Waals surface area contributed by atoms with E-state index in [2.05, 4.69) is 20.8 Å². The Hall–Kier alpha value is -3.26. The van der Waals surface area contributed by atoms with Crippen LogP contribution in [0, 0.1) is 11.7 Å².